The summed E-state index contributed by atoms with van der Waals surface area (Å²) in [6, 6.07) is 0.788. The first-order valence-electron chi connectivity index (χ1n) is 4.90. The van der Waals surface area contributed by atoms with Crippen molar-refractivity contribution in [1.29, 1.82) is 0 Å². The van der Waals surface area contributed by atoms with Gasteiger partial charge in [-0.05, 0) is 11.3 Å². The van der Waals surface area contributed by atoms with Crippen molar-refractivity contribution in [3.63, 3.8) is 0 Å². The second-order valence-electron chi connectivity index (χ2n) is 3.90. The van der Waals surface area contributed by atoms with E-state index in [1.165, 1.54) is 0 Å². The van der Waals surface area contributed by atoms with Gasteiger partial charge in [-0.15, -0.1) is 0 Å². The van der Waals surface area contributed by atoms with Crippen molar-refractivity contribution < 1.29 is 9.84 Å². The Morgan fingerprint density at radius 2 is 2.29 bits per heavy atom. The number of halogens is 1. The third-order valence-corrected chi connectivity index (χ3v) is 3.24. The summed E-state index contributed by atoms with van der Waals surface area (Å²) in [6.07, 6.45) is 0.978. The lowest BCUT2D eigenvalue weighted by atomic mass is 10.1. The fourth-order valence-electron chi connectivity index (χ4n) is 2.16. The van der Waals surface area contributed by atoms with E-state index < -0.39 is 0 Å². The number of hydrogen-bond acceptors (Lipinski definition) is 3. The SMILES string of the molecule is OC[C@H]1C[C@H](C#CBr)CN1C1COC1. The number of aliphatic hydroxyl groups is 1. The Morgan fingerprint density at radius 3 is 2.79 bits per heavy atom. The van der Waals surface area contributed by atoms with Crippen LogP contribution in [0, 0.1) is 16.7 Å². The highest BCUT2D eigenvalue weighted by Gasteiger charge is 2.38. The molecule has 3 nitrogen and oxygen atoms in total. The molecule has 2 heterocycles. The maximum Gasteiger partial charge on any atom is 0.0645 e. The minimum absolute atomic E-state index is 0.233. The van der Waals surface area contributed by atoms with E-state index in [0.717, 1.165) is 26.2 Å². The topological polar surface area (TPSA) is 32.7 Å². The highest BCUT2D eigenvalue weighted by atomic mass is 79.9. The van der Waals surface area contributed by atoms with Gasteiger partial charge in [0.2, 0.25) is 0 Å². The molecular weight excluding hydrogens is 246 g/mol. The number of nitrogens with zero attached hydrogens (tertiary/aromatic N) is 1. The lowest BCUT2D eigenvalue weighted by molar-refractivity contribution is -0.0746. The van der Waals surface area contributed by atoms with Crippen LogP contribution >= 0.6 is 15.9 Å². The first-order chi connectivity index (χ1) is 6.85. The monoisotopic (exact) mass is 259 g/mol. The van der Waals surface area contributed by atoms with Gasteiger partial charge < -0.3 is 9.84 Å². The van der Waals surface area contributed by atoms with E-state index in [-0.39, 0.29) is 12.6 Å². The Balaban J connectivity index is 1.96. The number of aliphatic hydroxyl groups excluding tert-OH is 1. The smallest absolute Gasteiger partial charge is 0.0645 e. The van der Waals surface area contributed by atoms with E-state index in [4.69, 9.17) is 4.74 Å². The van der Waals surface area contributed by atoms with Gasteiger partial charge in [-0.25, -0.2) is 0 Å². The van der Waals surface area contributed by atoms with Crippen molar-refractivity contribution in [2.24, 2.45) is 5.92 Å². The van der Waals surface area contributed by atoms with Gasteiger partial charge in [0, 0.05) is 34.4 Å². The largest absolute Gasteiger partial charge is 0.395 e. The molecule has 2 saturated heterocycles. The second kappa shape index (κ2) is 4.63. The maximum atomic E-state index is 9.25. The van der Waals surface area contributed by atoms with E-state index in [1.54, 1.807) is 0 Å². The molecule has 0 bridgehead atoms. The standard InChI is InChI=1S/C10H14BrNO2/c11-2-1-8-3-9(5-13)12(4-8)10-6-14-7-10/h8-10,13H,3-7H2/t8-,9+/m0/s1. The summed E-state index contributed by atoms with van der Waals surface area (Å²) in [6.45, 7) is 2.82. The molecule has 2 aliphatic heterocycles. The van der Waals surface area contributed by atoms with Gasteiger partial charge in [0.15, 0.2) is 0 Å². The lowest BCUT2D eigenvalue weighted by Crippen LogP contribution is -2.51. The van der Waals surface area contributed by atoms with Crippen molar-refractivity contribution in [2.75, 3.05) is 26.4 Å². The fraction of sp³-hybridized carbons (Fsp3) is 0.800. The van der Waals surface area contributed by atoms with Gasteiger partial charge in [0.05, 0.1) is 25.9 Å². The van der Waals surface area contributed by atoms with Gasteiger partial charge in [-0.1, -0.05) is 5.92 Å². The van der Waals surface area contributed by atoms with E-state index in [0.29, 0.717) is 12.0 Å². The highest BCUT2D eigenvalue weighted by Crippen LogP contribution is 2.27. The Hall–Kier alpha value is -0.0800. The molecule has 0 spiro atoms. The molecule has 0 aromatic carbocycles. The van der Waals surface area contributed by atoms with Gasteiger partial charge in [0.1, 0.15) is 0 Å². The average molecular weight is 260 g/mol. The predicted octanol–water partition coefficient (Wildman–Crippen LogP) is 0.424. The number of hydrogen-bond donors (Lipinski definition) is 1. The van der Waals surface area contributed by atoms with Crippen LogP contribution in [0.2, 0.25) is 0 Å². The Morgan fingerprint density at radius 1 is 1.50 bits per heavy atom. The Labute approximate surface area is 92.5 Å². The molecule has 1 N–H and O–H groups in total. The molecular formula is C10H14BrNO2. The summed E-state index contributed by atoms with van der Waals surface area (Å²) in [4.78, 5) is 5.11. The molecule has 2 fully saturated rings. The number of likely N-dealkylation sites (tertiary alicyclic amines) is 1. The third-order valence-electron chi connectivity index (χ3n) is 3.02. The second-order valence-corrected chi connectivity index (χ2v) is 4.29. The number of ether oxygens (including phenoxy) is 1. The van der Waals surface area contributed by atoms with Crippen molar-refractivity contribution in [3.8, 4) is 10.8 Å². The molecule has 0 aliphatic carbocycles. The van der Waals surface area contributed by atoms with E-state index >= 15 is 0 Å². The Kier molecular flexibility index (Phi) is 3.45. The predicted molar refractivity (Wildman–Crippen MR) is 57.0 cm³/mol. The molecule has 2 rings (SSSR count). The van der Waals surface area contributed by atoms with E-state index in [9.17, 15) is 5.11 Å². The molecule has 14 heavy (non-hydrogen) atoms. The summed E-state index contributed by atoms with van der Waals surface area (Å²) in [7, 11) is 0. The quantitative estimate of drug-likeness (QED) is 0.730. The van der Waals surface area contributed by atoms with E-state index in [1.807, 2.05) is 0 Å². The summed E-state index contributed by atoms with van der Waals surface area (Å²) in [5, 5.41) is 9.25. The van der Waals surface area contributed by atoms with Crippen LogP contribution in [0.15, 0.2) is 0 Å². The van der Waals surface area contributed by atoms with E-state index in [2.05, 4.69) is 31.6 Å². The molecule has 0 unspecified atom stereocenters. The highest BCUT2D eigenvalue weighted by molar-refractivity contribution is 9.12. The molecule has 2 atom stereocenters. The average Bonchev–Trinajstić information content (AvgIpc) is 2.46. The molecule has 0 saturated carbocycles. The van der Waals surface area contributed by atoms with Crippen LogP contribution in [0.5, 0.6) is 0 Å². The molecule has 0 aromatic heterocycles. The van der Waals surface area contributed by atoms with Crippen LogP contribution in [0.4, 0.5) is 0 Å². The van der Waals surface area contributed by atoms with Crippen LogP contribution < -0.4 is 0 Å². The summed E-state index contributed by atoms with van der Waals surface area (Å²) >= 11 is 3.12. The van der Waals surface area contributed by atoms with Gasteiger partial charge >= 0.3 is 0 Å². The first-order valence-corrected chi connectivity index (χ1v) is 5.70. The van der Waals surface area contributed by atoms with Crippen LogP contribution in [0.25, 0.3) is 0 Å². The summed E-state index contributed by atoms with van der Waals surface area (Å²) in [5.41, 5.74) is 0. The fourth-order valence-corrected chi connectivity index (χ4v) is 2.49. The zero-order chi connectivity index (χ0) is 9.97. The zero-order valence-corrected chi connectivity index (χ0v) is 9.53. The molecule has 0 aromatic rings. The lowest BCUT2D eigenvalue weighted by Gasteiger charge is -2.37. The van der Waals surface area contributed by atoms with Gasteiger partial charge in [-0.3, -0.25) is 4.90 Å². The molecule has 0 radical (unpaired) electrons. The van der Waals surface area contributed by atoms with Crippen molar-refractivity contribution in [3.05, 3.63) is 0 Å². The molecule has 2 aliphatic rings. The molecule has 0 amide bonds. The molecule has 4 heteroatoms. The first kappa shape index (κ1) is 10.4. The third kappa shape index (κ3) is 1.96. The van der Waals surface area contributed by atoms with Crippen LogP contribution in [0.3, 0.4) is 0 Å². The van der Waals surface area contributed by atoms with Crippen molar-refractivity contribution in [2.45, 2.75) is 18.5 Å². The summed E-state index contributed by atoms with van der Waals surface area (Å²) in [5.74, 6) is 3.51. The number of rotatable bonds is 2. The van der Waals surface area contributed by atoms with Crippen molar-refractivity contribution in [1.82, 2.24) is 4.90 Å². The minimum Gasteiger partial charge on any atom is -0.395 e. The molecule has 78 valence electrons. The van der Waals surface area contributed by atoms with Crippen LogP contribution in [0.1, 0.15) is 6.42 Å². The normalized spacial score (nSPS) is 33.6. The van der Waals surface area contributed by atoms with Crippen LogP contribution in [-0.4, -0.2) is 48.5 Å². The summed E-state index contributed by atoms with van der Waals surface area (Å²) < 4.78 is 5.17. The van der Waals surface area contributed by atoms with Gasteiger partial charge in [0.25, 0.3) is 0 Å². The Bertz CT molecular complexity index is 257. The van der Waals surface area contributed by atoms with Crippen LogP contribution in [-0.2, 0) is 4.74 Å². The van der Waals surface area contributed by atoms with Gasteiger partial charge in [-0.2, -0.15) is 0 Å². The zero-order valence-electron chi connectivity index (χ0n) is 7.95. The van der Waals surface area contributed by atoms with Crippen molar-refractivity contribution >= 4 is 15.9 Å². The minimum atomic E-state index is 0.233. The maximum absolute atomic E-state index is 9.25.